The molecule has 2 amide bonds. The fourth-order valence-corrected chi connectivity index (χ4v) is 4.37. The Hall–Kier alpha value is -2.68. The van der Waals surface area contributed by atoms with Crippen LogP contribution in [0.15, 0.2) is 59.1 Å². The molecule has 9 heteroatoms. The molecule has 2 unspecified atom stereocenters. The van der Waals surface area contributed by atoms with Gasteiger partial charge in [-0.05, 0) is 52.9 Å². The Morgan fingerprint density at radius 2 is 1.84 bits per heavy atom. The lowest BCUT2D eigenvalue weighted by Gasteiger charge is -2.21. The summed E-state index contributed by atoms with van der Waals surface area (Å²) >= 11 is 9.44. The van der Waals surface area contributed by atoms with Crippen LogP contribution in [0, 0.1) is 0 Å². The molecular formula is C23H22BrClN4O3. The number of hydrogen-bond donors (Lipinski definition) is 3. The highest BCUT2D eigenvalue weighted by molar-refractivity contribution is 9.10. The molecule has 32 heavy (non-hydrogen) atoms. The zero-order chi connectivity index (χ0) is 22.5. The molecule has 2 atom stereocenters. The minimum atomic E-state index is -0.417. The highest BCUT2D eigenvalue weighted by atomic mass is 79.9. The largest absolute Gasteiger partial charge is 0.371 e. The average Bonchev–Trinajstić information content (AvgIpc) is 3.39. The van der Waals surface area contributed by atoms with Gasteiger partial charge < -0.3 is 15.4 Å². The monoisotopic (exact) mass is 516 g/mol. The SMILES string of the molecule is O=C(Nc1n[nH]c(C(=O)NC2CCCC2OCc2ccccc2)c1Br)c1ccccc1Cl. The van der Waals surface area contributed by atoms with Gasteiger partial charge in [-0.25, -0.2) is 0 Å². The first-order chi connectivity index (χ1) is 15.5. The second-order valence-corrected chi connectivity index (χ2v) is 8.74. The van der Waals surface area contributed by atoms with Gasteiger partial charge in [-0.1, -0.05) is 54.1 Å². The molecule has 7 nitrogen and oxygen atoms in total. The molecule has 166 valence electrons. The number of carbonyl (C=O) groups excluding carboxylic acids is 2. The first kappa shape index (κ1) is 22.5. The van der Waals surface area contributed by atoms with E-state index in [1.807, 2.05) is 30.3 Å². The summed E-state index contributed by atoms with van der Waals surface area (Å²) in [6, 6.07) is 16.6. The summed E-state index contributed by atoms with van der Waals surface area (Å²) in [5.74, 6) is -0.522. The van der Waals surface area contributed by atoms with Gasteiger partial charge in [0.05, 0.1) is 33.8 Å². The number of nitrogens with zero attached hydrogens (tertiary/aromatic N) is 1. The smallest absolute Gasteiger partial charge is 0.270 e. The molecule has 2 aromatic carbocycles. The zero-order valence-electron chi connectivity index (χ0n) is 17.1. The third kappa shape index (κ3) is 5.20. The molecule has 0 spiro atoms. The van der Waals surface area contributed by atoms with E-state index in [1.54, 1.807) is 24.3 Å². The normalized spacial score (nSPS) is 17.8. The first-order valence-electron chi connectivity index (χ1n) is 10.3. The van der Waals surface area contributed by atoms with Gasteiger partial charge in [0.2, 0.25) is 0 Å². The molecule has 1 aliphatic rings. The maximum Gasteiger partial charge on any atom is 0.270 e. The number of benzene rings is 2. The Balaban J connectivity index is 1.38. The molecule has 0 saturated heterocycles. The van der Waals surface area contributed by atoms with E-state index >= 15 is 0 Å². The van der Waals surface area contributed by atoms with Crippen LogP contribution >= 0.6 is 27.5 Å². The fourth-order valence-electron chi connectivity index (χ4n) is 3.69. The zero-order valence-corrected chi connectivity index (χ0v) is 19.4. The third-order valence-electron chi connectivity index (χ3n) is 5.36. The Morgan fingerprint density at radius 1 is 1.09 bits per heavy atom. The Labute approximate surface area is 199 Å². The van der Waals surface area contributed by atoms with E-state index in [9.17, 15) is 9.59 Å². The van der Waals surface area contributed by atoms with E-state index in [0.29, 0.717) is 21.7 Å². The minimum Gasteiger partial charge on any atom is -0.371 e. The maximum atomic E-state index is 12.9. The highest BCUT2D eigenvalue weighted by Crippen LogP contribution is 2.27. The van der Waals surface area contributed by atoms with Crippen LogP contribution in [0.5, 0.6) is 0 Å². The van der Waals surface area contributed by atoms with Crippen LogP contribution in [0.2, 0.25) is 5.02 Å². The number of rotatable bonds is 7. The van der Waals surface area contributed by atoms with Crippen LogP contribution < -0.4 is 10.6 Å². The standard InChI is InChI=1S/C23H22BrClN4O3/c24-19-20(28-29-21(19)27-22(30)15-9-4-5-10-16(15)25)23(31)26-17-11-6-12-18(17)32-13-14-7-2-1-3-8-14/h1-5,7-10,17-18H,6,11-13H2,(H,26,31)(H2,27,28,29,30). The van der Waals surface area contributed by atoms with Crippen molar-refractivity contribution in [2.75, 3.05) is 5.32 Å². The molecule has 0 bridgehead atoms. The van der Waals surface area contributed by atoms with E-state index in [2.05, 4.69) is 36.8 Å². The number of ether oxygens (including phenoxy) is 1. The number of hydrogen-bond acceptors (Lipinski definition) is 4. The molecule has 1 saturated carbocycles. The fraction of sp³-hybridized carbons (Fsp3) is 0.261. The number of aromatic nitrogens is 2. The molecule has 0 radical (unpaired) electrons. The van der Waals surface area contributed by atoms with Gasteiger partial charge in [0.15, 0.2) is 5.82 Å². The van der Waals surface area contributed by atoms with Crippen molar-refractivity contribution in [3.05, 3.63) is 80.9 Å². The van der Waals surface area contributed by atoms with Gasteiger partial charge in [0.1, 0.15) is 5.69 Å². The number of aromatic amines is 1. The minimum absolute atomic E-state index is 0.0553. The molecule has 1 fully saturated rings. The summed E-state index contributed by atoms with van der Waals surface area (Å²) < 4.78 is 6.44. The van der Waals surface area contributed by atoms with Crippen molar-refractivity contribution in [1.82, 2.24) is 15.5 Å². The van der Waals surface area contributed by atoms with E-state index in [-0.39, 0.29) is 29.6 Å². The second kappa shape index (κ2) is 10.3. The quantitative estimate of drug-likeness (QED) is 0.413. The second-order valence-electron chi connectivity index (χ2n) is 7.54. The number of carbonyl (C=O) groups is 2. The summed E-state index contributed by atoms with van der Waals surface area (Å²) in [7, 11) is 0. The number of nitrogens with one attached hydrogen (secondary N) is 3. The Kier molecular flexibility index (Phi) is 7.24. The number of H-pyrrole nitrogens is 1. The predicted molar refractivity (Wildman–Crippen MR) is 126 cm³/mol. The van der Waals surface area contributed by atoms with Crippen molar-refractivity contribution < 1.29 is 14.3 Å². The first-order valence-corrected chi connectivity index (χ1v) is 11.5. The lowest BCUT2D eigenvalue weighted by Crippen LogP contribution is -2.41. The van der Waals surface area contributed by atoms with Gasteiger partial charge in [-0.2, -0.15) is 5.10 Å². The molecule has 3 aromatic rings. The third-order valence-corrected chi connectivity index (χ3v) is 6.46. The van der Waals surface area contributed by atoms with E-state index in [4.69, 9.17) is 16.3 Å². The lowest BCUT2D eigenvalue weighted by molar-refractivity contribution is 0.0271. The predicted octanol–water partition coefficient (Wildman–Crippen LogP) is 4.95. The summed E-state index contributed by atoms with van der Waals surface area (Å²) in [5, 5.41) is 12.8. The van der Waals surface area contributed by atoms with E-state index < -0.39 is 5.91 Å². The average molecular weight is 518 g/mol. The van der Waals surface area contributed by atoms with Crippen molar-refractivity contribution in [1.29, 1.82) is 0 Å². The molecule has 1 aliphatic carbocycles. The molecule has 1 aromatic heterocycles. The van der Waals surface area contributed by atoms with Gasteiger partial charge in [-0.15, -0.1) is 0 Å². The van der Waals surface area contributed by atoms with Crippen molar-refractivity contribution in [3.8, 4) is 0 Å². The van der Waals surface area contributed by atoms with Crippen LogP contribution in [-0.4, -0.2) is 34.2 Å². The van der Waals surface area contributed by atoms with Gasteiger partial charge in [-0.3, -0.25) is 14.7 Å². The van der Waals surface area contributed by atoms with Gasteiger partial charge in [0, 0.05) is 0 Å². The van der Waals surface area contributed by atoms with Crippen LogP contribution in [0.25, 0.3) is 0 Å². The number of amides is 2. The Bertz CT molecular complexity index is 1110. The summed E-state index contributed by atoms with van der Waals surface area (Å²) in [6.45, 7) is 0.504. The lowest BCUT2D eigenvalue weighted by atomic mass is 10.2. The van der Waals surface area contributed by atoms with E-state index in [1.165, 1.54) is 0 Å². The van der Waals surface area contributed by atoms with E-state index in [0.717, 1.165) is 24.8 Å². The summed E-state index contributed by atoms with van der Waals surface area (Å²) in [5.41, 5.74) is 1.65. The Morgan fingerprint density at radius 3 is 2.62 bits per heavy atom. The van der Waals surface area contributed by atoms with Crippen LogP contribution in [0.4, 0.5) is 5.82 Å². The summed E-state index contributed by atoms with van der Waals surface area (Å²) in [4.78, 5) is 25.4. The summed E-state index contributed by atoms with van der Waals surface area (Å²) in [6.07, 6.45) is 2.65. The highest BCUT2D eigenvalue weighted by Gasteiger charge is 2.31. The molecular weight excluding hydrogens is 496 g/mol. The topological polar surface area (TPSA) is 96.1 Å². The van der Waals surface area contributed by atoms with Crippen LogP contribution in [-0.2, 0) is 11.3 Å². The van der Waals surface area contributed by atoms with Crippen LogP contribution in [0.1, 0.15) is 45.7 Å². The molecule has 4 rings (SSSR count). The number of anilines is 1. The van der Waals surface area contributed by atoms with Gasteiger partial charge in [0.25, 0.3) is 11.8 Å². The van der Waals surface area contributed by atoms with Crippen molar-refractivity contribution in [3.63, 3.8) is 0 Å². The van der Waals surface area contributed by atoms with Crippen molar-refractivity contribution >= 4 is 45.2 Å². The maximum absolute atomic E-state index is 12.9. The van der Waals surface area contributed by atoms with Crippen molar-refractivity contribution in [2.45, 2.75) is 38.0 Å². The van der Waals surface area contributed by atoms with Crippen LogP contribution in [0.3, 0.4) is 0 Å². The molecule has 3 N–H and O–H groups in total. The van der Waals surface area contributed by atoms with Crippen molar-refractivity contribution in [2.24, 2.45) is 0 Å². The number of halogens is 2. The molecule has 0 aliphatic heterocycles. The molecule has 1 heterocycles. The van der Waals surface area contributed by atoms with Gasteiger partial charge >= 0.3 is 0 Å².